The fourth-order valence-corrected chi connectivity index (χ4v) is 1.45. The van der Waals surface area contributed by atoms with E-state index < -0.39 is 0 Å². The third-order valence-corrected chi connectivity index (χ3v) is 2.37. The summed E-state index contributed by atoms with van der Waals surface area (Å²) in [5, 5.41) is 3.00. The van der Waals surface area contributed by atoms with Crippen LogP contribution in [-0.4, -0.2) is 30.1 Å². The maximum atomic E-state index is 11.7. The van der Waals surface area contributed by atoms with Crippen LogP contribution >= 0.6 is 11.6 Å². The lowest BCUT2D eigenvalue weighted by Gasteiger charge is -2.09. The summed E-state index contributed by atoms with van der Waals surface area (Å²) in [5.41, 5.74) is 2.71. The number of halogens is 1. The Hall–Kier alpha value is -1.37. The number of aromatic nitrogens is 1. The molecule has 0 atom stereocenters. The number of pyridine rings is 1. The van der Waals surface area contributed by atoms with Gasteiger partial charge in [-0.3, -0.25) is 4.79 Å². The first kappa shape index (κ1) is 14.7. The topological polar surface area (TPSA) is 89.3 Å². The van der Waals surface area contributed by atoms with Crippen molar-refractivity contribution in [3.63, 3.8) is 0 Å². The first-order chi connectivity index (χ1) is 8.54. The van der Waals surface area contributed by atoms with Gasteiger partial charge >= 0.3 is 0 Å². The molecule has 0 fully saturated rings. The number of ether oxygens (including phenoxy) is 1. The van der Waals surface area contributed by atoms with E-state index in [9.17, 15) is 4.79 Å². The second kappa shape index (κ2) is 7.15. The van der Waals surface area contributed by atoms with E-state index in [-0.39, 0.29) is 12.0 Å². The summed E-state index contributed by atoms with van der Waals surface area (Å²) in [6.07, 6.45) is 1.55. The summed E-state index contributed by atoms with van der Waals surface area (Å²) in [4.78, 5) is 15.6. The van der Waals surface area contributed by atoms with Gasteiger partial charge in [0.05, 0.1) is 23.3 Å². The number of carbonyl (C=O) groups excluding carboxylic acids is 1. The first-order valence-electron chi connectivity index (χ1n) is 5.56. The molecule has 100 valence electrons. The normalized spacial score (nSPS) is 10.5. The molecule has 1 amide bonds. The molecule has 7 heteroatoms. The number of nitrogens with one attached hydrogen (secondary N) is 2. The Labute approximate surface area is 111 Å². The minimum Gasteiger partial charge on any atom is -0.377 e. The Kier molecular flexibility index (Phi) is 5.84. The second-order valence-corrected chi connectivity index (χ2v) is 4.28. The number of nitrogens with two attached hydrogens (primary N) is 1. The van der Waals surface area contributed by atoms with E-state index in [1.165, 1.54) is 12.3 Å². The lowest BCUT2D eigenvalue weighted by Crippen LogP contribution is -2.28. The van der Waals surface area contributed by atoms with Gasteiger partial charge in [0.15, 0.2) is 5.82 Å². The molecule has 0 bridgehead atoms. The third-order valence-electron chi connectivity index (χ3n) is 2.08. The molecule has 1 aromatic rings. The number of hydrogen-bond donors (Lipinski definition) is 3. The van der Waals surface area contributed by atoms with Gasteiger partial charge in [-0.25, -0.2) is 10.8 Å². The molecular formula is C11H17ClN4O2. The van der Waals surface area contributed by atoms with Crippen molar-refractivity contribution in [2.24, 2.45) is 5.84 Å². The van der Waals surface area contributed by atoms with Crippen molar-refractivity contribution >= 4 is 23.3 Å². The summed E-state index contributed by atoms with van der Waals surface area (Å²) in [6, 6.07) is 1.50. The van der Waals surface area contributed by atoms with Crippen LogP contribution in [0, 0.1) is 0 Å². The monoisotopic (exact) mass is 272 g/mol. The van der Waals surface area contributed by atoms with Gasteiger partial charge in [0.25, 0.3) is 5.91 Å². The fraction of sp³-hybridized carbons (Fsp3) is 0.455. The highest BCUT2D eigenvalue weighted by atomic mass is 35.5. The molecule has 6 nitrogen and oxygen atoms in total. The summed E-state index contributed by atoms with van der Waals surface area (Å²) in [6.45, 7) is 4.77. The molecule has 1 aromatic heterocycles. The zero-order valence-corrected chi connectivity index (χ0v) is 11.1. The van der Waals surface area contributed by atoms with Crippen molar-refractivity contribution < 1.29 is 9.53 Å². The van der Waals surface area contributed by atoms with E-state index in [4.69, 9.17) is 22.2 Å². The summed E-state index contributed by atoms with van der Waals surface area (Å²) in [5.74, 6) is 5.27. The van der Waals surface area contributed by atoms with Crippen LogP contribution in [0.2, 0.25) is 5.02 Å². The fourth-order valence-electron chi connectivity index (χ4n) is 1.23. The molecule has 18 heavy (non-hydrogen) atoms. The maximum Gasteiger partial charge on any atom is 0.252 e. The Balaban J connectivity index is 2.49. The molecule has 0 aromatic carbocycles. The number of hydrazine groups is 1. The standard InChI is InChI=1S/C11H17ClN4O2/c1-7(2)18-4-3-14-11(17)8-5-9(12)10(16-13)15-6-8/h5-7H,3-4,13H2,1-2H3,(H,14,17)(H,15,16). The Morgan fingerprint density at radius 1 is 1.61 bits per heavy atom. The van der Waals surface area contributed by atoms with Gasteiger partial charge < -0.3 is 15.5 Å². The minimum atomic E-state index is -0.250. The van der Waals surface area contributed by atoms with E-state index in [1.54, 1.807) is 0 Å². The van der Waals surface area contributed by atoms with Crippen LogP contribution in [0.4, 0.5) is 5.82 Å². The van der Waals surface area contributed by atoms with Gasteiger partial charge in [-0.05, 0) is 19.9 Å². The lowest BCUT2D eigenvalue weighted by atomic mass is 10.2. The number of amides is 1. The summed E-state index contributed by atoms with van der Waals surface area (Å²) < 4.78 is 5.31. The van der Waals surface area contributed by atoms with Crippen LogP contribution in [0.15, 0.2) is 12.3 Å². The molecule has 1 heterocycles. The van der Waals surface area contributed by atoms with E-state index in [0.29, 0.717) is 29.6 Å². The predicted molar refractivity (Wildman–Crippen MR) is 70.5 cm³/mol. The minimum absolute atomic E-state index is 0.146. The smallest absolute Gasteiger partial charge is 0.252 e. The number of carbonyl (C=O) groups is 1. The van der Waals surface area contributed by atoms with Crippen molar-refractivity contribution in [3.8, 4) is 0 Å². The molecule has 0 saturated heterocycles. The lowest BCUT2D eigenvalue weighted by molar-refractivity contribution is 0.0746. The van der Waals surface area contributed by atoms with E-state index in [1.807, 2.05) is 13.8 Å². The Morgan fingerprint density at radius 3 is 2.89 bits per heavy atom. The van der Waals surface area contributed by atoms with Crippen molar-refractivity contribution in [3.05, 3.63) is 22.8 Å². The predicted octanol–water partition coefficient (Wildman–Crippen LogP) is 1.18. The average Bonchev–Trinajstić information content (AvgIpc) is 2.34. The van der Waals surface area contributed by atoms with Crippen molar-refractivity contribution in [2.45, 2.75) is 20.0 Å². The van der Waals surface area contributed by atoms with Crippen LogP contribution in [0.25, 0.3) is 0 Å². The average molecular weight is 273 g/mol. The van der Waals surface area contributed by atoms with Gasteiger partial charge in [-0.2, -0.15) is 0 Å². The summed E-state index contributed by atoms with van der Waals surface area (Å²) >= 11 is 5.87. The number of nitrogen functional groups attached to an aromatic ring is 1. The molecule has 0 aliphatic rings. The quantitative estimate of drug-likeness (QED) is 0.411. The molecule has 0 saturated carbocycles. The highest BCUT2D eigenvalue weighted by Crippen LogP contribution is 2.18. The zero-order valence-electron chi connectivity index (χ0n) is 10.4. The Morgan fingerprint density at radius 2 is 2.33 bits per heavy atom. The van der Waals surface area contributed by atoms with Crippen molar-refractivity contribution in [1.29, 1.82) is 0 Å². The highest BCUT2D eigenvalue weighted by molar-refractivity contribution is 6.33. The molecular weight excluding hydrogens is 256 g/mol. The third kappa shape index (κ3) is 4.48. The summed E-state index contributed by atoms with van der Waals surface area (Å²) in [7, 11) is 0. The largest absolute Gasteiger partial charge is 0.377 e. The van der Waals surface area contributed by atoms with E-state index in [0.717, 1.165) is 0 Å². The van der Waals surface area contributed by atoms with Crippen LogP contribution in [0.5, 0.6) is 0 Å². The van der Waals surface area contributed by atoms with Gasteiger partial charge in [-0.1, -0.05) is 11.6 Å². The van der Waals surface area contributed by atoms with Crippen molar-refractivity contribution in [1.82, 2.24) is 10.3 Å². The molecule has 0 aliphatic carbocycles. The van der Waals surface area contributed by atoms with E-state index in [2.05, 4.69) is 15.7 Å². The maximum absolute atomic E-state index is 11.7. The highest BCUT2D eigenvalue weighted by Gasteiger charge is 2.09. The van der Waals surface area contributed by atoms with Crippen LogP contribution in [0.1, 0.15) is 24.2 Å². The molecule has 0 unspecified atom stereocenters. The number of hydrogen-bond acceptors (Lipinski definition) is 5. The number of nitrogens with zero attached hydrogens (tertiary/aromatic N) is 1. The zero-order chi connectivity index (χ0) is 13.5. The van der Waals surface area contributed by atoms with Gasteiger partial charge in [0.1, 0.15) is 0 Å². The molecule has 1 rings (SSSR count). The first-order valence-corrected chi connectivity index (χ1v) is 5.94. The van der Waals surface area contributed by atoms with Gasteiger partial charge in [0.2, 0.25) is 0 Å². The van der Waals surface area contributed by atoms with Crippen LogP contribution in [0.3, 0.4) is 0 Å². The molecule has 0 radical (unpaired) electrons. The molecule has 0 spiro atoms. The molecule has 4 N–H and O–H groups in total. The SMILES string of the molecule is CC(C)OCCNC(=O)c1cnc(NN)c(Cl)c1. The van der Waals surface area contributed by atoms with Crippen LogP contribution < -0.4 is 16.6 Å². The molecule has 0 aliphatic heterocycles. The van der Waals surface area contributed by atoms with Gasteiger partial charge in [-0.15, -0.1) is 0 Å². The number of rotatable bonds is 6. The van der Waals surface area contributed by atoms with Crippen LogP contribution in [-0.2, 0) is 4.74 Å². The second-order valence-electron chi connectivity index (χ2n) is 3.87. The van der Waals surface area contributed by atoms with Gasteiger partial charge in [0, 0.05) is 12.7 Å². The van der Waals surface area contributed by atoms with E-state index >= 15 is 0 Å². The van der Waals surface area contributed by atoms with Crippen molar-refractivity contribution in [2.75, 3.05) is 18.6 Å². The number of anilines is 1. The Bertz CT molecular complexity index is 412.